The SMILES string of the molecule is CNCc1ccc2cc1CCC1C=NC=C(C1)Nc1ncc(Cl)c(n1)N2. The molecule has 1 aromatic heterocycles. The van der Waals surface area contributed by atoms with Gasteiger partial charge < -0.3 is 16.0 Å². The zero-order valence-electron chi connectivity index (χ0n) is 14.6. The Kier molecular flexibility index (Phi) is 4.86. The molecule has 4 rings (SSSR count). The van der Waals surface area contributed by atoms with Gasteiger partial charge in [0.25, 0.3) is 0 Å². The van der Waals surface area contributed by atoms with E-state index < -0.39 is 0 Å². The van der Waals surface area contributed by atoms with E-state index in [2.05, 4.69) is 49.1 Å². The van der Waals surface area contributed by atoms with Crippen molar-refractivity contribution in [2.75, 3.05) is 17.7 Å². The number of nitrogens with one attached hydrogen (secondary N) is 3. The Bertz CT molecular complexity index is 876. The lowest BCUT2D eigenvalue weighted by Crippen LogP contribution is -2.14. The van der Waals surface area contributed by atoms with Crippen molar-refractivity contribution >= 4 is 35.3 Å². The van der Waals surface area contributed by atoms with E-state index >= 15 is 0 Å². The molecule has 1 atom stereocenters. The van der Waals surface area contributed by atoms with Gasteiger partial charge in [0.2, 0.25) is 5.95 Å². The van der Waals surface area contributed by atoms with Crippen LogP contribution in [0.15, 0.2) is 41.3 Å². The third kappa shape index (κ3) is 3.71. The molecule has 26 heavy (non-hydrogen) atoms. The summed E-state index contributed by atoms with van der Waals surface area (Å²) in [5.74, 6) is 1.51. The van der Waals surface area contributed by atoms with Crippen LogP contribution in [0.2, 0.25) is 5.02 Å². The molecule has 0 fully saturated rings. The van der Waals surface area contributed by atoms with Crippen LogP contribution in [0, 0.1) is 5.92 Å². The lowest BCUT2D eigenvalue weighted by atomic mass is 9.93. The van der Waals surface area contributed by atoms with Gasteiger partial charge >= 0.3 is 0 Å². The van der Waals surface area contributed by atoms with Crippen molar-refractivity contribution in [3.63, 3.8) is 0 Å². The molecule has 0 saturated heterocycles. The fourth-order valence-corrected chi connectivity index (χ4v) is 3.48. The van der Waals surface area contributed by atoms with E-state index in [4.69, 9.17) is 11.6 Å². The van der Waals surface area contributed by atoms with Gasteiger partial charge in [-0.3, -0.25) is 4.99 Å². The van der Waals surface area contributed by atoms with Crippen LogP contribution in [-0.4, -0.2) is 23.2 Å². The lowest BCUT2D eigenvalue weighted by molar-refractivity contribution is 0.618. The monoisotopic (exact) mass is 368 g/mol. The number of anilines is 3. The lowest BCUT2D eigenvalue weighted by Gasteiger charge is -2.19. The van der Waals surface area contributed by atoms with Crippen LogP contribution in [0.1, 0.15) is 24.0 Å². The Morgan fingerprint density at radius 2 is 2.23 bits per heavy atom. The number of rotatable bonds is 2. The molecule has 134 valence electrons. The number of hydrogen-bond acceptors (Lipinski definition) is 6. The van der Waals surface area contributed by atoms with Gasteiger partial charge in [0.1, 0.15) is 5.02 Å². The van der Waals surface area contributed by atoms with Crippen molar-refractivity contribution in [3.05, 3.63) is 52.4 Å². The summed E-state index contributed by atoms with van der Waals surface area (Å²) in [4.78, 5) is 13.2. The number of nitrogens with zero attached hydrogens (tertiary/aromatic N) is 3. The number of fused-ring (bicyclic) bond motifs is 6. The van der Waals surface area contributed by atoms with Gasteiger partial charge in [0, 0.05) is 36.3 Å². The van der Waals surface area contributed by atoms with E-state index in [0.717, 1.165) is 37.2 Å². The number of halogens is 1. The largest absolute Gasteiger partial charge is 0.339 e. The van der Waals surface area contributed by atoms with Crippen LogP contribution >= 0.6 is 11.6 Å². The molecule has 0 aliphatic carbocycles. The Balaban J connectivity index is 1.76. The molecule has 2 aromatic rings. The number of benzene rings is 1. The van der Waals surface area contributed by atoms with Gasteiger partial charge in [-0.1, -0.05) is 17.7 Å². The fourth-order valence-electron chi connectivity index (χ4n) is 3.34. The van der Waals surface area contributed by atoms with Gasteiger partial charge in [-0.2, -0.15) is 4.98 Å². The third-order valence-electron chi connectivity index (χ3n) is 4.65. The Hall–Kier alpha value is -2.44. The molecular formula is C19H21ClN6. The molecule has 3 N–H and O–H groups in total. The second-order valence-electron chi connectivity index (χ2n) is 6.61. The van der Waals surface area contributed by atoms with Gasteiger partial charge in [-0.15, -0.1) is 0 Å². The summed E-state index contributed by atoms with van der Waals surface area (Å²) < 4.78 is 0. The molecule has 1 unspecified atom stereocenters. The summed E-state index contributed by atoms with van der Waals surface area (Å²) in [5.41, 5.74) is 4.63. The van der Waals surface area contributed by atoms with Gasteiger partial charge in [0.15, 0.2) is 5.82 Å². The molecule has 2 aliphatic rings. The van der Waals surface area contributed by atoms with Gasteiger partial charge in [-0.05, 0) is 49.6 Å². The van der Waals surface area contributed by atoms with E-state index in [0.29, 0.717) is 22.7 Å². The minimum absolute atomic E-state index is 0.397. The van der Waals surface area contributed by atoms with Crippen molar-refractivity contribution in [3.8, 4) is 0 Å². The molecular weight excluding hydrogens is 348 g/mol. The highest BCUT2D eigenvalue weighted by atomic mass is 35.5. The number of aliphatic imine (C=N–C) groups is 1. The molecule has 1 aromatic carbocycles. The maximum atomic E-state index is 6.29. The predicted molar refractivity (Wildman–Crippen MR) is 106 cm³/mol. The molecule has 3 heterocycles. The normalized spacial score (nSPS) is 18.5. The molecule has 6 bridgehead atoms. The number of hydrogen-bond donors (Lipinski definition) is 3. The van der Waals surface area contributed by atoms with Gasteiger partial charge in [-0.25, -0.2) is 4.98 Å². The quantitative estimate of drug-likeness (QED) is 0.750. The molecule has 0 amide bonds. The molecule has 0 spiro atoms. The molecule has 2 aliphatic heterocycles. The highest BCUT2D eigenvalue weighted by molar-refractivity contribution is 6.32. The summed E-state index contributed by atoms with van der Waals surface area (Å²) in [6, 6.07) is 6.40. The van der Waals surface area contributed by atoms with Crippen molar-refractivity contribution in [1.29, 1.82) is 0 Å². The van der Waals surface area contributed by atoms with E-state index in [9.17, 15) is 0 Å². The molecule has 0 radical (unpaired) electrons. The zero-order chi connectivity index (χ0) is 17.9. The van der Waals surface area contributed by atoms with E-state index in [1.54, 1.807) is 6.20 Å². The Morgan fingerprint density at radius 3 is 3.12 bits per heavy atom. The third-order valence-corrected chi connectivity index (χ3v) is 4.92. The highest BCUT2D eigenvalue weighted by Gasteiger charge is 2.17. The van der Waals surface area contributed by atoms with Crippen LogP contribution in [0.25, 0.3) is 0 Å². The average Bonchev–Trinajstić information content (AvgIpc) is 2.65. The summed E-state index contributed by atoms with van der Waals surface area (Å²) in [5, 5.41) is 10.3. The first kappa shape index (κ1) is 17.0. The Labute approximate surface area is 157 Å². The molecule has 6 nitrogen and oxygen atoms in total. The smallest absolute Gasteiger partial charge is 0.229 e. The first-order valence-corrected chi connectivity index (χ1v) is 9.14. The number of aryl methyl sites for hydroxylation is 1. The Morgan fingerprint density at radius 1 is 1.31 bits per heavy atom. The summed E-state index contributed by atoms with van der Waals surface area (Å²) >= 11 is 6.29. The zero-order valence-corrected chi connectivity index (χ0v) is 15.3. The van der Waals surface area contributed by atoms with Crippen LogP contribution in [0.4, 0.5) is 17.5 Å². The van der Waals surface area contributed by atoms with Gasteiger partial charge in [0.05, 0.1) is 6.20 Å². The average molecular weight is 369 g/mol. The first-order chi connectivity index (χ1) is 12.7. The van der Waals surface area contributed by atoms with E-state index in [1.165, 1.54) is 11.1 Å². The minimum atomic E-state index is 0.397. The van der Waals surface area contributed by atoms with Crippen molar-refractivity contribution in [1.82, 2.24) is 15.3 Å². The van der Waals surface area contributed by atoms with E-state index in [1.807, 2.05) is 19.5 Å². The minimum Gasteiger partial charge on any atom is -0.339 e. The van der Waals surface area contributed by atoms with Crippen molar-refractivity contribution < 1.29 is 0 Å². The summed E-state index contributed by atoms with van der Waals surface area (Å²) in [6.45, 7) is 0.847. The molecule has 0 saturated carbocycles. The first-order valence-electron chi connectivity index (χ1n) is 8.76. The van der Waals surface area contributed by atoms with Crippen LogP contribution in [0.3, 0.4) is 0 Å². The van der Waals surface area contributed by atoms with E-state index in [-0.39, 0.29) is 0 Å². The van der Waals surface area contributed by atoms with Crippen molar-refractivity contribution in [2.24, 2.45) is 10.9 Å². The maximum absolute atomic E-state index is 6.29. The van der Waals surface area contributed by atoms with Crippen LogP contribution in [-0.2, 0) is 13.0 Å². The summed E-state index contributed by atoms with van der Waals surface area (Å²) in [6.07, 6.45) is 8.43. The predicted octanol–water partition coefficient (Wildman–Crippen LogP) is 3.88. The summed E-state index contributed by atoms with van der Waals surface area (Å²) in [7, 11) is 1.97. The second-order valence-corrected chi connectivity index (χ2v) is 7.02. The van der Waals surface area contributed by atoms with Crippen LogP contribution < -0.4 is 16.0 Å². The fraction of sp³-hybridized carbons (Fsp3) is 0.316. The molecule has 7 heteroatoms. The topological polar surface area (TPSA) is 74.2 Å². The maximum Gasteiger partial charge on any atom is 0.229 e. The standard InChI is InChI=1S/C19H21ClN6/c1-21-9-14-4-5-15-7-13(14)3-2-12-6-16(10-22-8-12)25-19-23-11-17(20)18(24-15)26-19/h4-5,7-8,10-12,21H,2-3,6,9H2,1H3,(H2,23,24,25,26). The highest BCUT2D eigenvalue weighted by Crippen LogP contribution is 2.29. The number of aromatic nitrogens is 2. The van der Waals surface area contributed by atoms with Crippen LogP contribution in [0.5, 0.6) is 0 Å². The second kappa shape index (κ2) is 7.43. The number of allylic oxidation sites excluding steroid dienone is 1. The van der Waals surface area contributed by atoms with Crippen molar-refractivity contribution in [2.45, 2.75) is 25.8 Å².